The molecule has 1 aromatic rings. The van der Waals surface area contributed by atoms with Gasteiger partial charge >= 0.3 is 0 Å². The molecule has 0 radical (unpaired) electrons. The third-order valence-corrected chi connectivity index (χ3v) is 2.32. The molecule has 1 saturated heterocycles. The third-order valence-electron chi connectivity index (χ3n) is 2.32. The fourth-order valence-corrected chi connectivity index (χ4v) is 1.39. The Morgan fingerprint density at radius 2 is 2.12 bits per heavy atom. The molecule has 0 spiro atoms. The zero-order valence-corrected chi connectivity index (χ0v) is 10.6. The number of hydrogen-bond donors (Lipinski definition) is 1. The average molecular weight is 248 g/mol. The van der Waals surface area contributed by atoms with Gasteiger partial charge in [-0.3, -0.25) is 0 Å². The molecular formula is C10H18ClN3O2. The molecule has 1 aromatic heterocycles. The van der Waals surface area contributed by atoms with Crippen LogP contribution in [0.3, 0.4) is 0 Å². The Morgan fingerprint density at radius 1 is 1.38 bits per heavy atom. The molecule has 1 N–H and O–H groups in total. The zero-order valence-electron chi connectivity index (χ0n) is 9.82. The second-order valence-corrected chi connectivity index (χ2v) is 4.77. The van der Waals surface area contributed by atoms with Gasteiger partial charge in [0.25, 0.3) is 5.89 Å². The van der Waals surface area contributed by atoms with Gasteiger partial charge in [-0.05, 0) is 0 Å². The standard InChI is InChI=1S/C10H17N3O2.ClH/c1-10(2,3)9-12-8(15-13-9)7-6-11-4-5-14-7;/h7,11H,4-6H2,1-3H3;1H/t7-;/m1./s1. The van der Waals surface area contributed by atoms with Crippen molar-refractivity contribution in [3.63, 3.8) is 0 Å². The first-order valence-electron chi connectivity index (χ1n) is 5.24. The minimum absolute atomic E-state index is 0. The fourth-order valence-electron chi connectivity index (χ4n) is 1.39. The van der Waals surface area contributed by atoms with Gasteiger partial charge in [0.05, 0.1) is 6.61 Å². The van der Waals surface area contributed by atoms with Crippen LogP contribution in [0, 0.1) is 0 Å². The summed E-state index contributed by atoms with van der Waals surface area (Å²) in [5.41, 5.74) is -0.0795. The number of nitrogens with one attached hydrogen (secondary N) is 1. The van der Waals surface area contributed by atoms with Gasteiger partial charge in [-0.15, -0.1) is 12.4 Å². The average Bonchev–Trinajstić information content (AvgIpc) is 2.67. The maximum atomic E-state index is 5.53. The molecule has 92 valence electrons. The molecule has 2 rings (SSSR count). The van der Waals surface area contributed by atoms with Gasteiger partial charge < -0.3 is 14.6 Å². The Hall–Kier alpha value is -0.650. The summed E-state index contributed by atoms with van der Waals surface area (Å²) in [5, 5.41) is 7.20. The Kier molecular flexibility index (Phi) is 4.29. The first-order chi connectivity index (χ1) is 7.07. The number of aromatic nitrogens is 2. The summed E-state index contributed by atoms with van der Waals surface area (Å²) in [6.07, 6.45) is -0.0950. The molecule has 0 bridgehead atoms. The molecule has 0 unspecified atom stereocenters. The van der Waals surface area contributed by atoms with Gasteiger partial charge in [-0.2, -0.15) is 4.98 Å². The summed E-state index contributed by atoms with van der Waals surface area (Å²) in [4.78, 5) is 4.36. The molecule has 5 nitrogen and oxygen atoms in total. The van der Waals surface area contributed by atoms with E-state index >= 15 is 0 Å². The predicted octanol–water partition coefficient (Wildman–Crippen LogP) is 1.45. The van der Waals surface area contributed by atoms with Gasteiger partial charge in [-0.1, -0.05) is 25.9 Å². The van der Waals surface area contributed by atoms with Crippen molar-refractivity contribution in [2.24, 2.45) is 0 Å². The van der Waals surface area contributed by atoms with Crippen molar-refractivity contribution in [2.45, 2.75) is 32.3 Å². The van der Waals surface area contributed by atoms with Crippen LogP contribution in [0.25, 0.3) is 0 Å². The number of morpholine rings is 1. The maximum absolute atomic E-state index is 5.53. The van der Waals surface area contributed by atoms with E-state index in [4.69, 9.17) is 9.26 Å². The molecule has 6 heteroatoms. The summed E-state index contributed by atoms with van der Waals surface area (Å²) in [6.45, 7) is 8.49. The second-order valence-electron chi connectivity index (χ2n) is 4.77. The summed E-state index contributed by atoms with van der Waals surface area (Å²) >= 11 is 0. The summed E-state index contributed by atoms with van der Waals surface area (Å²) in [7, 11) is 0. The van der Waals surface area contributed by atoms with Crippen LogP contribution < -0.4 is 5.32 Å². The van der Waals surface area contributed by atoms with Crippen molar-refractivity contribution in [2.75, 3.05) is 19.7 Å². The molecule has 0 aromatic carbocycles. The lowest BCUT2D eigenvalue weighted by Crippen LogP contribution is -2.33. The van der Waals surface area contributed by atoms with Gasteiger partial charge in [0, 0.05) is 18.5 Å². The lowest BCUT2D eigenvalue weighted by molar-refractivity contribution is 0.00755. The van der Waals surface area contributed by atoms with E-state index in [-0.39, 0.29) is 23.9 Å². The monoisotopic (exact) mass is 247 g/mol. The number of hydrogen-bond acceptors (Lipinski definition) is 5. The number of rotatable bonds is 1. The van der Waals surface area contributed by atoms with Gasteiger partial charge in [0.15, 0.2) is 5.82 Å². The molecule has 1 fully saturated rings. The lowest BCUT2D eigenvalue weighted by atomic mass is 9.96. The SMILES string of the molecule is CC(C)(C)c1noc([C@H]2CNCCO2)n1.Cl. The highest BCUT2D eigenvalue weighted by atomic mass is 35.5. The van der Waals surface area contributed by atoms with E-state index in [1.807, 2.05) is 0 Å². The van der Waals surface area contributed by atoms with Crippen LogP contribution in [0.2, 0.25) is 0 Å². The van der Waals surface area contributed by atoms with Gasteiger partial charge in [0.1, 0.15) is 6.10 Å². The van der Waals surface area contributed by atoms with E-state index < -0.39 is 0 Å². The lowest BCUT2D eigenvalue weighted by Gasteiger charge is -2.20. The molecule has 1 atom stereocenters. The molecule has 0 aliphatic carbocycles. The first kappa shape index (κ1) is 13.4. The maximum Gasteiger partial charge on any atom is 0.257 e. The smallest absolute Gasteiger partial charge is 0.257 e. The van der Waals surface area contributed by atoms with Crippen LogP contribution in [0.15, 0.2) is 4.52 Å². The fraction of sp³-hybridized carbons (Fsp3) is 0.800. The molecule has 1 aliphatic heterocycles. The van der Waals surface area contributed by atoms with Crippen molar-refractivity contribution in [3.05, 3.63) is 11.7 Å². The quantitative estimate of drug-likeness (QED) is 0.814. The van der Waals surface area contributed by atoms with Crippen molar-refractivity contribution < 1.29 is 9.26 Å². The van der Waals surface area contributed by atoms with Crippen molar-refractivity contribution >= 4 is 12.4 Å². The summed E-state index contributed by atoms with van der Waals surface area (Å²) < 4.78 is 10.7. The largest absolute Gasteiger partial charge is 0.366 e. The van der Waals surface area contributed by atoms with Gasteiger partial charge in [-0.25, -0.2) is 0 Å². The van der Waals surface area contributed by atoms with E-state index in [1.54, 1.807) is 0 Å². The topological polar surface area (TPSA) is 60.2 Å². The van der Waals surface area contributed by atoms with Crippen LogP contribution in [0.4, 0.5) is 0 Å². The van der Waals surface area contributed by atoms with Crippen molar-refractivity contribution in [1.29, 1.82) is 0 Å². The highest BCUT2D eigenvalue weighted by Gasteiger charge is 2.26. The predicted molar refractivity (Wildman–Crippen MR) is 61.8 cm³/mol. The first-order valence-corrected chi connectivity index (χ1v) is 5.24. The van der Waals surface area contributed by atoms with E-state index in [9.17, 15) is 0 Å². The summed E-state index contributed by atoms with van der Waals surface area (Å²) in [5.74, 6) is 1.30. The van der Waals surface area contributed by atoms with Crippen LogP contribution in [-0.4, -0.2) is 29.8 Å². The molecule has 2 heterocycles. The van der Waals surface area contributed by atoms with E-state index in [0.717, 1.165) is 18.9 Å². The molecule has 0 saturated carbocycles. The van der Waals surface area contributed by atoms with E-state index in [0.29, 0.717) is 12.5 Å². The Labute approximate surface area is 101 Å². The van der Waals surface area contributed by atoms with E-state index in [2.05, 4.69) is 36.2 Å². The molecule has 16 heavy (non-hydrogen) atoms. The van der Waals surface area contributed by atoms with Crippen LogP contribution in [0.5, 0.6) is 0 Å². The third kappa shape index (κ3) is 2.93. The Bertz CT molecular complexity index is 329. The van der Waals surface area contributed by atoms with Crippen LogP contribution in [-0.2, 0) is 10.2 Å². The van der Waals surface area contributed by atoms with E-state index in [1.165, 1.54) is 0 Å². The second kappa shape index (κ2) is 5.12. The highest BCUT2D eigenvalue weighted by Crippen LogP contribution is 2.22. The summed E-state index contributed by atoms with van der Waals surface area (Å²) in [6, 6.07) is 0. The Balaban J connectivity index is 0.00000128. The van der Waals surface area contributed by atoms with Gasteiger partial charge in [0.2, 0.25) is 0 Å². The highest BCUT2D eigenvalue weighted by molar-refractivity contribution is 5.85. The minimum Gasteiger partial charge on any atom is -0.366 e. The Morgan fingerprint density at radius 3 is 2.62 bits per heavy atom. The van der Waals surface area contributed by atoms with Crippen LogP contribution >= 0.6 is 12.4 Å². The molecular weight excluding hydrogens is 230 g/mol. The molecule has 1 aliphatic rings. The number of nitrogens with zero attached hydrogens (tertiary/aromatic N) is 2. The van der Waals surface area contributed by atoms with Crippen LogP contribution in [0.1, 0.15) is 38.6 Å². The minimum atomic E-state index is -0.0950. The normalized spacial score (nSPS) is 21.6. The molecule has 0 amide bonds. The zero-order chi connectivity index (χ0) is 10.9. The van der Waals surface area contributed by atoms with Crippen molar-refractivity contribution in [3.8, 4) is 0 Å². The number of halogens is 1. The van der Waals surface area contributed by atoms with Crippen molar-refractivity contribution in [1.82, 2.24) is 15.5 Å². The number of ether oxygens (including phenoxy) is 1.